The van der Waals surface area contributed by atoms with E-state index in [-0.39, 0.29) is 0 Å². The molecule has 0 saturated heterocycles. The first-order valence-corrected chi connectivity index (χ1v) is 6.49. The van der Waals surface area contributed by atoms with Crippen molar-refractivity contribution in [2.45, 2.75) is 20.3 Å². The minimum absolute atomic E-state index is 0.750. The zero-order chi connectivity index (χ0) is 14.7. The number of aryl methyl sites for hydroxylation is 1. The van der Waals surface area contributed by atoms with Crippen LogP contribution < -0.4 is 5.73 Å². The topological polar surface area (TPSA) is 26.0 Å². The Morgan fingerprint density at radius 2 is 1.95 bits per heavy atom. The maximum Gasteiger partial charge on any atom is -0.00915 e. The molecule has 1 nitrogen and oxygen atoms in total. The van der Waals surface area contributed by atoms with E-state index in [1.807, 2.05) is 13.0 Å². The predicted octanol–water partition coefficient (Wildman–Crippen LogP) is 4.44. The van der Waals surface area contributed by atoms with Crippen LogP contribution in [0.4, 0.5) is 0 Å². The van der Waals surface area contributed by atoms with Crippen molar-refractivity contribution in [3.63, 3.8) is 0 Å². The standard InChI is InChI=1S/C16H18.C2H7N/c1-5-7-8-9-15-12-16(13(3)6-2)11-10-14(15)4;1-2-3/h5-8,10-12H,1-3,9H2,4H3;2-3H2,1H3/b8-7-;. The molecule has 0 amide bonds. The highest BCUT2D eigenvalue weighted by atomic mass is 14.5. The van der Waals surface area contributed by atoms with Gasteiger partial charge < -0.3 is 5.73 Å². The Labute approximate surface area is 117 Å². The van der Waals surface area contributed by atoms with E-state index in [4.69, 9.17) is 5.73 Å². The second-order valence-electron chi connectivity index (χ2n) is 4.15. The molecule has 19 heavy (non-hydrogen) atoms. The van der Waals surface area contributed by atoms with Gasteiger partial charge in [0.15, 0.2) is 0 Å². The Kier molecular flexibility index (Phi) is 9.11. The van der Waals surface area contributed by atoms with Crippen LogP contribution in [0.2, 0.25) is 0 Å². The van der Waals surface area contributed by atoms with Gasteiger partial charge >= 0.3 is 0 Å². The highest BCUT2D eigenvalue weighted by Crippen LogP contribution is 2.18. The summed E-state index contributed by atoms with van der Waals surface area (Å²) in [7, 11) is 0. The van der Waals surface area contributed by atoms with Gasteiger partial charge in [0.05, 0.1) is 0 Å². The molecule has 1 rings (SSSR count). The third kappa shape index (κ3) is 6.58. The maximum absolute atomic E-state index is 4.85. The van der Waals surface area contributed by atoms with Gasteiger partial charge in [-0.15, -0.1) is 0 Å². The molecule has 0 radical (unpaired) electrons. The molecule has 0 heterocycles. The van der Waals surface area contributed by atoms with Crippen molar-refractivity contribution in [2.75, 3.05) is 6.54 Å². The number of hydrogen-bond donors (Lipinski definition) is 1. The van der Waals surface area contributed by atoms with E-state index in [0.29, 0.717) is 0 Å². The number of hydrogen-bond acceptors (Lipinski definition) is 1. The van der Waals surface area contributed by atoms with Gasteiger partial charge in [0.25, 0.3) is 0 Å². The largest absolute Gasteiger partial charge is 0.331 e. The van der Waals surface area contributed by atoms with Gasteiger partial charge in [-0.25, -0.2) is 0 Å². The third-order valence-corrected chi connectivity index (χ3v) is 2.58. The minimum Gasteiger partial charge on any atom is -0.331 e. The molecule has 102 valence electrons. The van der Waals surface area contributed by atoms with Crippen LogP contribution in [0.15, 0.2) is 62.2 Å². The lowest BCUT2D eigenvalue weighted by Gasteiger charge is -2.07. The molecule has 0 atom stereocenters. The second kappa shape index (κ2) is 10.1. The van der Waals surface area contributed by atoms with Crippen LogP contribution in [0.3, 0.4) is 0 Å². The summed E-state index contributed by atoms with van der Waals surface area (Å²) in [5.41, 5.74) is 9.57. The Bertz CT molecular complexity index is 453. The fourth-order valence-corrected chi connectivity index (χ4v) is 1.50. The summed E-state index contributed by atoms with van der Waals surface area (Å²) >= 11 is 0. The van der Waals surface area contributed by atoms with Gasteiger partial charge in [0.1, 0.15) is 0 Å². The van der Waals surface area contributed by atoms with Gasteiger partial charge in [0.2, 0.25) is 0 Å². The molecule has 1 heteroatoms. The zero-order valence-electron chi connectivity index (χ0n) is 12.2. The lowest BCUT2D eigenvalue weighted by atomic mass is 9.98. The summed E-state index contributed by atoms with van der Waals surface area (Å²) < 4.78 is 0. The summed E-state index contributed by atoms with van der Waals surface area (Å²) in [6.07, 6.45) is 8.58. The monoisotopic (exact) mass is 255 g/mol. The van der Waals surface area contributed by atoms with Crippen LogP contribution in [0, 0.1) is 6.92 Å². The Morgan fingerprint density at radius 1 is 1.32 bits per heavy atom. The van der Waals surface area contributed by atoms with Crippen LogP contribution in [0.5, 0.6) is 0 Å². The Morgan fingerprint density at radius 3 is 2.47 bits per heavy atom. The zero-order valence-corrected chi connectivity index (χ0v) is 12.2. The molecule has 0 aliphatic rings. The van der Waals surface area contributed by atoms with E-state index in [9.17, 15) is 0 Å². The second-order valence-corrected chi connectivity index (χ2v) is 4.15. The predicted molar refractivity (Wildman–Crippen MR) is 88.2 cm³/mol. The lowest BCUT2D eigenvalue weighted by molar-refractivity contribution is 1.14. The van der Waals surface area contributed by atoms with E-state index in [1.165, 1.54) is 11.1 Å². The van der Waals surface area contributed by atoms with Crippen molar-refractivity contribution in [1.29, 1.82) is 0 Å². The molecule has 0 aliphatic carbocycles. The molecule has 0 bridgehead atoms. The van der Waals surface area contributed by atoms with Gasteiger partial charge in [-0.3, -0.25) is 0 Å². The molecule has 2 N–H and O–H groups in total. The van der Waals surface area contributed by atoms with Crippen LogP contribution in [-0.4, -0.2) is 6.54 Å². The summed E-state index contributed by atoms with van der Waals surface area (Å²) in [6, 6.07) is 6.38. The van der Waals surface area contributed by atoms with Crippen molar-refractivity contribution in [1.82, 2.24) is 0 Å². The average molecular weight is 255 g/mol. The fraction of sp³-hybridized carbons (Fsp3) is 0.222. The van der Waals surface area contributed by atoms with Crippen LogP contribution in [0.1, 0.15) is 23.6 Å². The van der Waals surface area contributed by atoms with Crippen molar-refractivity contribution < 1.29 is 0 Å². The van der Waals surface area contributed by atoms with E-state index in [0.717, 1.165) is 24.1 Å². The molecular formula is C18H25N. The first-order chi connectivity index (χ1) is 9.10. The summed E-state index contributed by atoms with van der Waals surface area (Å²) in [5, 5.41) is 0. The average Bonchev–Trinajstić information content (AvgIpc) is 2.41. The minimum atomic E-state index is 0.750. The molecule has 0 spiro atoms. The first kappa shape index (κ1) is 17.1. The Hall–Kier alpha value is -1.86. The first-order valence-electron chi connectivity index (χ1n) is 6.49. The van der Waals surface area contributed by atoms with E-state index in [1.54, 1.807) is 12.2 Å². The van der Waals surface area contributed by atoms with E-state index >= 15 is 0 Å². The number of nitrogens with two attached hydrogens (primary N) is 1. The van der Waals surface area contributed by atoms with Gasteiger partial charge in [-0.1, -0.05) is 69.2 Å². The normalized spacial score (nSPS) is 9.63. The molecule has 0 aliphatic heterocycles. The van der Waals surface area contributed by atoms with Gasteiger partial charge in [0, 0.05) is 0 Å². The van der Waals surface area contributed by atoms with Crippen molar-refractivity contribution in [3.05, 3.63) is 78.9 Å². The van der Waals surface area contributed by atoms with E-state index in [2.05, 4.69) is 50.9 Å². The SMILES string of the molecule is C=C/C=C\Cc1cc(C(=C)C=C)ccc1C.CCN. The summed E-state index contributed by atoms with van der Waals surface area (Å²) in [6.45, 7) is 16.1. The van der Waals surface area contributed by atoms with Crippen LogP contribution in [0.25, 0.3) is 5.57 Å². The van der Waals surface area contributed by atoms with Crippen molar-refractivity contribution in [2.24, 2.45) is 5.73 Å². The molecule has 0 unspecified atom stereocenters. The third-order valence-electron chi connectivity index (χ3n) is 2.58. The van der Waals surface area contributed by atoms with Crippen LogP contribution >= 0.6 is 0 Å². The molecule has 0 aromatic heterocycles. The summed E-state index contributed by atoms with van der Waals surface area (Å²) in [4.78, 5) is 0. The van der Waals surface area contributed by atoms with Crippen molar-refractivity contribution in [3.8, 4) is 0 Å². The van der Waals surface area contributed by atoms with Gasteiger partial charge in [-0.2, -0.15) is 0 Å². The molecule has 0 fully saturated rings. The van der Waals surface area contributed by atoms with E-state index < -0.39 is 0 Å². The molecule has 1 aromatic rings. The quantitative estimate of drug-likeness (QED) is 0.773. The highest BCUT2D eigenvalue weighted by Gasteiger charge is 2.00. The number of allylic oxidation sites excluding steroid dienone is 5. The molecule has 0 saturated carbocycles. The van der Waals surface area contributed by atoms with Crippen molar-refractivity contribution >= 4 is 5.57 Å². The highest BCUT2D eigenvalue weighted by molar-refractivity contribution is 5.72. The lowest BCUT2D eigenvalue weighted by Crippen LogP contribution is -1.89. The number of benzene rings is 1. The van der Waals surface area contributed by atoms with Gasteiger partial charge in [-0.05, 0) is 42.2 Å². The van der Waals surface area contributed by atoms with Crippen LogP contribution in [-0.2, 0) is 6.42 Å². The smallest absolute Gasteiger partial charge is 0.00915 e. The summed E-state index contributed by atoms with van der Waals surface area (Å²) in [5.74, 6) is 0. The fourth-order valence-electron chi connectivity index (χ4n) is 1.50. The Balaban J connectivity index is 0.000000982. The maximum atomic E-state index is 4.85. The molecule has 1 aromatic carbocycles. The number of rotatable bonds is 5. The molecular weight excluding hydrogens is 230 g/mol.